The third kappa shape index (κ3) is 6.07. The van der Waals surface area contributed by atoms with Gasteiger partial charge in [-0.3, -0.25) is 0 Å². The van der Waals surface area contributed by atoms with E-state index in [1.807, 2.05) is 30.3 Å². The van der Waals surface area contributed by atoms with Crippen molar-refractivity contribution in [2.75, 3.05) is 5.32 Å². The highest BCUT2D eigenvalue weighted by atomic mass is 79.9. The lowest BCUT2D eigenvalue weighted by Gasteiger charge is -2.26. The Kier molecular flexibility index (Phi) is 8.73. The van der Waals surface area contributed by atoms with Gasteiger partial charge in [0, 0.05) is 33.3 Å². The van der Waals surface area contributed by atoms with Crippen molar-refractivity contribution in [2.24, 2.45) is 0 Å². The summed E-state index contributed by atoms with van der Waals surface area (Å²) in [5.74, 6) is 0.458. The van der Waals surface area contributed by atoms with Gasteiger partial charge in [0.25, 0.3) is 0 Å². The number of phenolic OH excluding ortho intramolecular Hbond substituents is 2. The number of anilines is 1. The van der Waals surface area contributed by atoms with Gasteiger partial charge in [-0.1, -0.05) is 158 Å². The Balaban J connectivity index is 1.47. The third-order valence-electron chi connectivity index (χ3n) is 8.88. The molecule has 0 aliphatic carbocycles. The molecule has 0 heterocycles. The molecule has 0 aliphatic rings. The lowest BCUT2D eigenvalue weighted by molar-refractivity contribution is 0.440. The molecule has 0 atom stereocenters. The van der Waals surface area contributed by atoms with Crippen LogP contribution in [0, 0.1) is 0 Å². The van der Waals surface area contributed by atoms with E-state index < -0.39 is 7.92 Å². The summed E-state index contributed by atoms with van der Waals surface area (Å²) >= 11 is 3.65. The number of nitrogens with one attached hydrogen (secondary N) is 1. The number of rotatable bonds is 7. The van der Waals surface area contributed by atoms with Gasteiger partial charge in [-0.15, -0.1) is 0 Å². The van der Waals surface area contributed by atoms with Gasteiger partial charge in [0.1, 0.15) is 11.5 Å². The number of phenols is 2. The lowest BCUT2D eigenvalue weighted by atomic mass is 9.85. The summed E-state index contributed by atoms with van der Waals surface area (Å²) in [5, 5.41) is 35.1. The fourth-order valence-electron chi connectivity index (χ4n) is 6.57. The van der Waals surface area contributed by atoms with Crippen molar-refractivity contribution in [1.82, 2.24) is 0 Å². The zero-order valence-corrected chi connectivity index (χ0v) is 29.7. The van der Waals surface area contributed by atoms with Crippen LogP contribution in [-0.2, 0) is 12.0 Å². The van der Waals surface area contributed by atoms with Gasteiger partial charge in [0.05, 0.1) is 5.69 Å². The highest BCUT2D eigenvalue weighted by molar-refractivity contribution is 9.10. The van der Waals surface area contributed by atoms with E-state index in [1.54, 1.807) is 0 Å². The molecule has 0 aromatic heterocycles. The molecule has 0 radical (unpaired) electrons. The maximum Gasteiger partial charge on any atom is 0.147 e. The van der Waals surface area contributed by atoms with E-state index in [-0.39, 0.29) is 16.9 Å². The molecule has 3 N–H and O–H groups in total. The third-order valence-corrected chi connectivity index (χ3v) is 11.8. The minimum atomic E-state index is -0.978. The van der Waals surface area contributed by atoms with Crippen molar-refractivity contribution in [1.29, 1.82) is 0 Å². The second-order valence-corrected chi connectivity index (χ2v) is 16.2. The first-order valence-electron chi connectivity index (χ1n) is 16.1. The van der Waals surface area contributed by atoms with Gasteiger partial charge in [-0.2, -0.15) is 0 Å². The van der Waals surface area contributed by atoms with Crippen LogP contribution in [-0.4, -0.2) is 10.2 Å². The molecular weight excluding hydrogens is 673 g/mol. The van der Waals surface area contributed by atoms with E-state index in [0.29, 0.717) is 12.2 Å². The quantitative estimate of drug-likeness (QED) is 0.114. The van der Waals surface area contributed by atoms with Gasteiger partial charge >= 0.3 is 0 Å². The Hall–Kier alpha value is -4.63. The van der Waals surface area contributed by atoms with Crippen molar-refractivity contribution < 1.29 is 10.2 Å². The van der Waals surface area contributed by atoms with Crippen LogP contribution in [0.2, 0.25) is 0 Å². The predicted molar refractivity (Wildman–Crippen MR) is 209 cm³/mol. The fourth-order valence-corrected chi connectivity index (χ4v) is 9.55. The molecular formula is C43H37BrNO2P. The molecule has 0 amide bonds. The minimum absolute atomic E-state index is 0.188. The van der Waals surface area contributed by atoms with Gasteiger partial charge < -0.3 is 15.5 Å². The molecule has 0 fully saturated rings. The monoisotopic (exact) mass is 709 g/mol. The van der Waals surface area contributed by atoms with E-state index in [2.05, 4.69) is 151 Å². The molecule has 0 saturated heterocycles. The first-order chi connectivity index (χ1) is 23.2. The molecule has 0 spiro atoms. The number of aromatic hydroxyl groups is 2. The summed E-state index contributed by atoms with van der Waals surface area (Å²) in [4.78, 5) is 0. The summed E-state index contributed by atoms with van der Waals surface area (Å²) < 4.78 is 0.904. The Morgan fingerprint density at radius 2 is 1.17 bits per heavy atom. The van der Waals surface area contributed by atoms with Gasteiger partial charge in [0.2, 0.25) is 0 Å². The molecule has 3 nitrogen and oxygen atoms in total. The largest absolute Gasteiger partial charge is 0.507 e. The molecule has 48 heavy (non-hydrogen) atoms. The Morgan fingerprint density at radius 1 is 0.604 bits per heavy atom. The van der Waals surface area contributed by atoms with Crippen LogP contribution in [0.4, 0.5) is 5.69 Å². The maximum atomic E-state index is 12.4. The second kappa shape index (κ2) is 13.1. The van der Waals surface area contributed by atoms with Crippen LogP contribution in [0.15, 0.2) is 144 Å². The average molecular weight is 711 g/mol. The first kappa shape index (κ1) is 31.9. The average Bonchev–Trinajstić information content (AvgIpc) is 3.09. The van der Waals surface area contributed by atoms with Gasteiger partial charge in [-0.05, 0) is 69.0 Å². The van der Waals surface area contributed by atoms with Gasteiger partial charge in [0.15, 0.2) is 0 Å². The normalized spacial score (nSPS) is 11.8. The van der Waals surface area contributed by atoms with E-state index in [4.69, 9.17) is 0 Å². The Labute approximate surface area is 291 Å². The molecule has 238 valence electrons. The summed E-state index contributed by atoms with van der Waals surface area (Å²) in [7, 11) is -0.978. The molecule has 7 rings (SSSR count). The highest BCUT2D eigenvalue weighted by Crippen LogP contribution is 2.48. The molecule has 7 aromatic carbocycles. The fraction of sp³-hybridized carbons (Fsp3) is 0.116. The van der Waals surface area contributed by atoms with Crippen molar-refractivity contribution in [3.8, 4) is 22.6 Å². The molecule has 7 aromatic rings. The number of benzene rings is 7. The first-order valence-corrected chi connectivity index (χ1v) is 18.3. The summed E-state index contributed by atoms with van der Waals surface area (Å²) in [5.41, 5.74) is 3.84. The number of halogens is 1. The van der Waals surface area contributed by atoms with Gasteiger partial charge in [-0.25, -0.2) is 0 Å². The predicted octanol–water partition coefficient (Wildman–Crippen LogP) is 10.5. The van der Waals surface area contributed by atoms with Crippen LogP contribution in [0.25, 0.3) is 32.7 Å². The Bertz CT molecular complexity index is 2220. The van der Waals surface area contributed by atoms with Crippen LogP contribution >= 0.6 is 23.9 Å². The zero-order chi connectivity index (χ0) is 33.4. The van der Waals surface area contributed by atoms with Crippen molar-refractivity contribution >= 4 is 67.0 Å². The van der Waals surface area contributed by atoms with E-state index in [9.17, 15) is 10.2 Å². The molecule has 5 heteroatoms. The Morgan fingerprint density at radius 3 is 1.79 bits per heavy atom. The topological polar surface area (TPSA) is 52.5 Å². The van der Waals surface area contributed by atoms with E-state index >= 15 is 0 Å². The van der Waals surface area contributed by atoms with E-state index in [1.165, 1.54) is 15.9 Å². The molecule has 0 aliphatic heterocycles. The van der Waals surface area contributed by atoms with E-state index in [0.717, 1.165) is 48.3 Å². The minimum Gasteiger partial charge on any atom is -0.507 e. The van der Waals surface area contributed by atoms with Crippen LogP contribution < -0.4 is 21.2 Å². The van der Waals surface area contributed by atoms with Crippen LogP contribution in [0.3, 0.4) is 0 Å². The lowest BCUT2D eigenvalue weighted by Crippen LogP contribution is -2.22. The van der Waals surface area contributed by atoms with Crippen molar-refractivity contribution in [2.45, 2.75) is 32.7 Å². The smallest absolute Gasteiger partial charge is 0.147 e. The number of hydrogen-bond donors (Lipinski definition) is 3. The number of fused-ring (bicyclic) bond motifs is 2. The summed E-state index contributed by atoms with van der Waals surface area (Å²) in [6.07, 6.45) is 0. The van der Waals surface area contributed by atoms with Crippen LogP contribution in [0.1, 0.15) is 31.9 Å². The maximum absolute atomic E-state index is 12.4. The second-order valence-electron chi connectivity index (χ2n) is 13.1. The zero-order valence-electron chi connectivity index (χ0n) is 27.2. The number of hydrogen-bond acceptors (Lipinski definition) is 3. The van der Waals surface area contributed by atoms with Crippen molar-refractivity contribution in [3.05, 3.63) is 155 Å². The van der Waals surface area contributed by atoms with Crippen LogP contribution in [0.5, 0.6) is 11.5 Å². The molecule has 0 unspecified atom stereocenters. The highest BCUT2D eigenvalue weighted by Gasteiger charge is 2.26. The van der Waals surface area contributed by atoms with Crippen molar-refractivity contribution in [3.63, 3.8) is 0 Å². The molecule has 0 saturated carbocycles. The SMILES string of the molecule is CC(C)(C)c1cc(Br)cc(CNc2cc3ccccc3c(-c3c(P(c4ccccc4)c4ccccc4)ccc4ccccc34)c2O)c1O. The molecule has 0 bridgehead atoms. The summed E-state index contributed by atoms with van der Waals surface area (Å²) in [6, 6.07) is 48.5. The standard InChI is InChI=1S/C43H37BrNO2P/c1-43(2,3)36-26-31(44)24-30(41(36)46)27-45-37-25-29-15-11-13-21-35(29)40(42(37)47)39-34-20-12-10-14-28(34)22-23-38(39)48(32-16-6-4-7-17-32)33-18-8-5-9-19-33/h4-26,45-47H,27H2,1-3H3. The summed E-state index contributed by atoms with van der Waals surface area (Å²) in [6.45, 7) is 6.61.